The number of benzene rings is 3. The molecule has 1 N–H and O–H groups in total. The molecule has 1 heterocycles. The minimum atomic E-state index is -4.14. The van der Waals surface area contributed by atoms with E-state index in [1.165, 1.54) is 17.0 Å². The van der Waals surface area contributed by atoms with Crippen LogP contribution in [0.25, 0.3) is 0 Å². The molecule has 4 rings (SSSR count). The molecule has 1 aliphatic heterocycles. The topological polar surface area (TPSA) is 83.9 Å². The number of amides is 1. The number of rotatable bonds is 6. The predicted octanol–water partition coefficient (Wildman–Crippen LogP) is 4.42. The Kier molecular flexibility index (Phi) is 5.52. The normalized spacial score (nSPS) is 16.6. The van der Waals surface area contributed by atoms with Crippen LogP contribution >= 0.6 is 0 Å². The highest BCUT2D eigenvalue weighted by atomic mass is 32.2. The molecule has 31 heavy (non-hydrogen) atoms. The van der Waals surface area contributed by atoms with Gasteiger partial charge >= 0.3 is 0 Å². The highest BCUT2D eigenvalue weighted by Gasteiger charge is 2.47. The van der Waals surface area contributed by atoms with E-state index < -0.39 is 27.5 Å². The molecular weight excluding hydrogens is 414 g/mol. The number of hydrogen-bond donors (Lipinski definition) is 1. The van der Waals surface area contributed by atoms with Crippen molar-refractivity contribution in [3.05, 3.63) is 101 Å². The van der Waals surface area contributed by atoms with Gasteiger partial charge in [0.2, 0.25) is 9.84 Å². The first-order chi connectivity index (χ1) is 14.9. The number of carbonyl (C=O) groups is 1. The maximum absolute atomic E-state index is 13.5. The van der Waals surface area contributed by atoms with E-state index in [0.717, 1.165) is 0 Å². The fourth-order valence-corrected chi connectivity index (χ4v) is 5.30. The first kappa shape index (κ1) is 20.7. The van der Waals surface area contributed by atoms with Crippen LogP contribution in [0.3, 0.4) is 0 Å². The molecule has 7 heteroatoms. The van der Waals surface area contributed by atoms with Gasteiger partial charge in [0.1, 0.15) is 16.7 Å². The van der Waals surface area contributed by atoms with E-state index in [4.69, 9.17) is 4.74 Å². The van der Waals surface area contributed by atoms with Gasteiger partial charge < -0.3 is 9.84 Å². The van der Waals surface area contributed by atoms with Crippen molar-refractivity contribution >= 4 is 21.4 Å². The summed E-state index contributed by atoms with van der Waals surface area (Å²) in [5.41, 5.74) is 1.02. The predicted molar refractivity (Wildman–Crippen MR) is 118 cm³/mol. The second-order valence-corrected chi connectivity index (χ2v) is 8.86. The Morgan fingerprint density at radius 1 is 0.903 bits per heavy atom. The smallest absolute Gasteiger partial charge is 0.295 e. The lowest BCUT2D eigenvalue weighted by Gasteiger charge is -2.27. The van der Waals surface area contributed by atoms with Crippen molar-refractivity contribution < 1.29 is 23.1 Å². The molecule has 6 nitrogen and oxygen atoms in total. The number of anilines is 1. The molecule has 1 unspecified atom stereocenters. The average Bonchev–Trinajstić information content (AvgIpc) is 3.07. The summed E-state index contributed by atoms with van der Waals surface area (Å²) in [6.07, 6.45) is 0. The minimum absolute atomic E-state index is 0.00944. The van der Waals surface area contributed by atoms with Gasteiger partial charge in [-0.05, 0) is 48.9 Å². The second kappa shape index (κ2) is 8.28. The maximum Gasteiger partial charge on any atom is 0.295 e. The van der Waals surface area contributed by atoms with E-state index >= 15 is 0 Å². The van der Waals surface area contributed by atoms with E-state index in [2.05, 4.69) is 0 Å². The van der Waals surface area contributed by atoms with Crippen LogP contribution in [-0.2, 0) is 14.6 Å². The number of para-hydroxylation sites is 1. The zero-order chi connectivity index (χ0) is 22.0. The summed E-state index contributed by atoms with van der Waals surface area (Å²) in [6, 6.07) is 22.3. The Morgan fingerprint density at radius 3 is 2.06 bits per heavy atom. The Bertz CT molecular complexity index is 1220. The van der Waals surface area contributed by atoms with E-state index in [9.17, 15) is 18.3 Å². The first-order valence-electron chi connectivity index (χ1n) is 9.79. The van der Waals surface area contributed by atoms with E-state index in [1.807, 2.05) is 6.92 Å². The van der Waals surface area contributed by atoms with Gasteiger partial charge in [-0.25, -0.2) is 8.42 Å². The van der Waals surface area contributed by atoms with Gasteiger partial charge in [0.05, 0.1) is 11.5 Å². The van der Waals surface area contributed by atoms with Crippen molar-refractivity contribution in [2.75, 3.05) is 11.5 Å². The Hall–Kier alpha value is -3.58. The lowest BCUT2D eigenvalue weighted by molar-refractivity contribution is -0.117. The zero-order valence-electron chi connectivity index (χ0n) is 16.8. The molecular formula is C24H21NO5S. The lowest BCUT2D eigenvalue weighted by atomic mass is 10.1. The van der Waals surface area contributed by atoms with Crippen molar-refractivity contribution in [3.63, 3.8) is 0 Å². The number of aliphatic hydroxyl groups excluding tert-OH is 1. The van der Waals surface area contributed by atoms with Crippen molar-refractivity contribution in [1.29, 1.82) is 0 Å². The lowest BCUT2D eigenvalue weighted by Crippen LogP contribution is -2.31. The average molecular weight is 436 g/mol. The number of aliphatic hydroxyl groups is 1. The third-order valence-electron chi connectivity index (χ3n) is 5.05. The fourth-order valence-electron chi connectivity index (χ4n) is 3.65. The largest absolute Gasteiger partial charge is 0.502 e. The van der Waals surface area contributed by atoms with Gasteiger partial charge in [-0.2, -0.15) is 0 Å². The fraction of sp³-hybridized carbons (Fsp3) is 0.125. The molecule has 0 radical (unpaired) electrons. The van der Waals surface area contributed by atoms with Crippen molar-refractivity contribution in [1.82, 2.24) is 0 Å². The molecule has 1 aliphatic rings. The van der Waals surface area contributed by atoms with Crippen molar-refractivity contribution in [2.24, 2.45) is 0 Å². The summed E-state index contributed by atoms with van der Waals surface area (Å²) in [7, 11) is -4.14. The summed E-state index contributed by atoms with van der Waals surface area (Å²) >= 11 is 0. The summed E-state index contributed by atoms with van der Waals surface area (Å²) in [4.78, 5) is 14.1. The Balaban J connectivity index is 1.90. The molecule has 1 atom stereocenters. The third-order valence-corrected chi connectivity index (χ3v) is 6.93. The minimum Gasteiger partial charge on any atom is -0.502 e. The number of carbonyl (C=O) groups excluding carboxylic acids is 1. The molecule has 3 aromatic carbocycles. The maximum atomic E-state index is 13.5. The molecule has 0 aliphatic carbocycles. The third kappa shape index (κ3) is 3.68. The molecule has 1 amide bonds. The summed E-state index contributed by atoms with van der Waals surface area (Å²) in [5, 5.41) is 10.7. The standard InChI is InChI=1S/C24H21NO5S/c1-2-30-19-15-13-17(14-16-19)21-23(31(28,29)20-11-7-4-8-12-20)22(26)24(27)25(21)18-9-5-3-6-10-18/h3-16,21,26H,2H2,1H3. The molecule has 158 valence electrons. The molecule has 0 bridgehead atoms. The molecule has 0 saturated heterocycles. The summed E-state index contributed by atoms with van der Waals surface area (Å²) in [5.74, 6) is -0.909. The highest BCUT2D eigenvalue weighted by Crippen LogP contribution is 2.44. The van der Waals surface area contributed by atoms with Crippen molar-refractivity contribution in [2.45, 2.75) is 17.9 Å². The molecule has 0 fully saturated rings. The van der Waals surface area contributed by atoms with Gasteiger partial charge in [0.25, 0.3) is 5.91 Å². The van der Waals surface area contributed by atoms with Crippen LogP contribution in [-0.4, -0.2) is 26.0 Å². The number of hydrogen-bond acceptors (Lipinski definition) is 5. The molecule has 0 spiro atoms. The zero-order valence-corrected chi connectivity index (χ0v) is 17.6. The summed E-state index contributed by atoms with van der Waals surface area (Å²) in [6.45, 7) is 2.36. The highest BCUT2D eigenvalue weighted by molar-refractivity contribution is 7.95. The first-order valence-corrected chi connectivity index (χ1v) is 11.3. The molecule has 3 aromatic rings. The van der Waals surface area contributed by atoms with Crippen LogP contribution in [0.1, 0.15) is 18.5 Å². The molecule has 0 saturated carbocycles. The van der Waals surface area contributed by atoms with E-state index in [-0.39, 0.29) is 9.80 Å². The molecule has 0 aromatic heterocycles. The summed E-state index contributed by atoms with van der Waals surface area (Å²) < 4.78 is 32.5. The van der Waals surface area contributed by atoms with Crippen LogP contribution in [0.4, 0.5) is 5.69 Å². The SMILES string of the molecule is CCOc1ccc(C2C(S(=O)(=O)c3ccccc3)=C(O)C(=O)N2c2ccccc2)cc1. The van der Waals surface area contributed by atoms with Crippen molar-refractivity contribution in [3.8, 4) is 5.75 Å². The number of nitrogens with zero attached hydrogens (tertiary/aromatic N) is 1. The Morgan fingerprint density at radius 2 is 1.48 bits per heavy atom. The van der Waals surface area contributed by atoms with Gasteiger partial charge in [-0.3, -0.25) is 9.69 Å². The van der Waals surface area contributed by atoms with Crippen LogP contribution in [0.5, 0.6) is 5.75 Å². The van der Waals surface area contributed by atoms with Gasteiger partial charge in [0.15, 0.2) is 5.76 Å². The monoisotopic (exact) mass is 435 g/mol. The van der Waals surface area contributed by atoms with Gasteiger partial charge in [-0.15, -0.1) is 0 Å². The quantitative estimate of drug-likeness (QED) is 0.620. The van der Waals surface area contributed by atoms with Gasteiger partial charge in [-0.1, -0.05) is 48.5 Å². The van der Waals surface area contributed by atoms with Gasteiger partial charge in [0, 0.05) is 5.69 Å². The Labute approximate surface area is 180 Å². The number of sulfone groups is 1. The van der Waals surface area contributed by atoms with E-state index in [1.54, 1.807) is 72.8 Å². The van der Waals surface area contributed by atoms with Crippen LogP contribution in [0.15, 0.2) is 100 Å². The van der Waals surface area contributed by atoms with E-state index in [0.29, 0.717) is 23.6 Å². The van der Waals surface area contributed by atoms with Crippen LogP contribution in [0.2, 0.25) is 0 Å². The van der Waals surface area contributed by atoms with Crippen LogP contribution in [0, 0.1) is 0 Å². The number of ether oxygens (including phenoxy) is 1. The van der Waals surface area contributed by atoms with Crippen LogP contribution < -0.4 is 9.64 Å². The second-order valence-electron chi connectivity index (χ2n) is 6.94.